The van der Waals surface area contributed by atoms with Crippen molar-refractivity contribution in [1.82, 2.24) is 0 Å². The molecule has 0 fully saturated rings. The summed E-state index contributed by atoms with van der Waals surface area (Å²) in [6, 6.07) is 1.51. The Balaban J connectivity index is 3.19. The van der Waals surface area contributed by atoms with Crippen LogP contribution >= 0.6 is 11.8 Å². The van der Waals surface area contributed by atoms with E-state index >= 15 is 0 Å². The van der Waals surface area contributed by atoms with Crippen LogP contribution in [0.15, 0.2) is 17.0 Å². The third-order valence-corrected chi connectivity index (χ3v) is 2.76. The molecule has 0 nitrogen and oxygen atoms in total. The van der Waals surface area contributed by atoms with Gasteiger partial charge in [0, 0.05) is 10.1 Å². The first-order valence-corrected chi connectivity index (χ1v) is 5.33. The van der Waals surface area contributed by atoms with Crippen LogP contribution in [0.25, 0.3) is 0 Å². The van der Waals surface area contributed by atoms with Crippen LogP contribution in [0.2, 0.25) is 0 Å². The van der Waals surface area contributed by atoms with Crippen LogP contribution < -0.4 is 0 Å². The third kappa shape index (κ3) is 2.87. The fourth-order valence-corrected chi connectivity index (χ4v) is 1.94. The van der Waals surface area contributed by atoms with Crippen LogP contribution in [0.4, 0.5) is 22.0 Å². The van der Waals surface area contributed by atoms with Gasteiger partial charge in [0.05, 0.1) is 5.56 Å². The fourth-order valence-electron chi connectivity index (χ4n) is 1.10. The summed E-state index contributed by atoms with van der Waals surface area (Å²) in [5, 5.41) is -0.0364. The maximum Gasteiger partial charge on any atom is 0.419 e. The quantitative estimate of drug-likeness (QED) is 0.555. The molecule has 0 bridgehead atoms. The molecule has 6 heteroatoms. The normalized spacial score (nSPS) is 12.2. The molecule has 0 aromatic heterocycles. The molecule has 0 atom stereocenters. The van der Waals surface area contributed by atoms with Crippen molar-refractivity contribution in [1.29, 1.82) is 0 Å². The van der Waals surface area contributed by atoms with Gasteiger partial charge >= 0.3 is 6.18 Å². The molecule has 1 aromatic rings. The van der Waals surface area contributed by atoms with Crippen LogP contribution in [-0.2, 0) is 6.18 Å². The number of alkyl halides is 3. The summed E-state index contributed by atoms with van der Waals surface area (Å²) in [6.45, 7) is 3.47. The SMILES string of the molecule is CC(C)Sc1ccc(C(F)(F)F)c(F)c1F. The second-order valence-corrected chi connectivity index (χ2v) is 5.02. The van der Waals surface area contributed by atoms with Crippen molar-refractivity contribution in [3.8, 4) is 0 Å². The highest BCUT2D eigenvalue weighted by Gasteiger charge is 2.36. The third-order valence-electron chi connectivity index (χ3n) is 1.71. The molecular formula is C10H9F5S. The summed E-state index contributed by atoms with van der Waals surface area (Å²) in [7, 11) is 0. The van der Waals surface area contributed by atoms with Gasteiger partial charge in [-0.15, -0.1) is 11.8 Å². The van der Waals surface area contributed by atoms with Crippen molar-refractivity contribution in [2.24, 2.45) is 0 Å². The molecule has 0 amide bonds. The minimum absolute atomic E-state index is 0.0364. The lowest BCUT2D eigenvalue weighted by atomic mass is 10.2. The zero-order valence-corrected chi connectivity index (χ0v) is 9.35. The Morgan fingerprint density at radius 1 is 1.06 bits per heavy atom. The molecule has 0 unspecified atom stereocenters. The topological polar surface area (TPSA) is 0 Å². The molecule has 1 rings (SSSR count). The lowest BCUT2D eigenvalue weighted by molar-refractivity contribution is -0.140. The highest BCUT2D eigenvalue weighted by atomic mass is 32.2. The monoisotopic (exact) mass is 256 g/mol. The molecule has 0 aliphatic rings. The highest BCUT2D eigenvalue weighted by Crippen LogP contribution is 2.36. The Bertz CT molecular complexity index is 384. The largest absolute Gasteiger partial charge is 0.419 e. The Labute approximate surface area is 93.8 Å². The summed E-state index contributed by atoms with van der Waals surface area (Å²) >= 11 is 0.976. The summed E-state index contributed by atoms with van der Waals surface area (Å²) in [5.74, 6) is -3.27. The predicted octanol–water partition coefficient (Wildman–Crippen LogP) is 4.48. The molecule has 90 valence electrons. The van der Waals surface area contributed by atoms with Crippen molar-refractivity contribution in [3.63, 3.8) is 0 Å². The van der Waals surface area contributed by atoms with Gasteiger partial charge in [0.2, 0.25) is 0 Å². The Morgan fingerprint density at radius 2 is 1.62 bits per heavy atom. The van der Waals surface area contributed by atoms with E-state index in [4.69, 9.17) is 0 Å². The average Bonchev–Trinajstić information content (AvgIpc) is 2.10. The zero-order chi connectivity index (χ0) is 12.5. The van der Waals surface area contributed by atoms with E-state index in [1.807, 2.05) is 0 Å². The fraction of sp³-hybridized carbons (Fsp3) is 0.400. The Hall–Kier alpha value is -0.780. The van der Waals surface area contributed by atoms with Crippen molar-refractivity contribution < 1.29 is 22.0 Å². The van der Waals surface area contributed by atoms with Gasteiger partial charge in [0.1, 0.15) is 0 Å². The number of rotatable bonds is 2. The highest BCUT2D eigenvalue weighted by molar-refractivity contribution is 7.99. The van der Waals surface area contributed by atoms with Crippen molar-refractivity contribution in [2.75, 3.05) is 0 Å². The van der Waals surface area contributed by atoms with Crippen LogP contribution in [0.5, 0.6) is 0 Å². The summed E-state index contributed by atoms with van der Waals surface area (Å²) in [4.78, 5) is -0.111. The predicted molar refractivity (Wildman–Crippen MR) is 52.4 cm³/mol. The van der Waals surface area contributed by atoms with Crippen molar-refractivity contribution >= 4 is 11.8 Å². The van der Waals surface area contributed by atoms with E-state index in [1.165, 1.54) is 0 Å². The van der Waals surface area contributed by atoms with E-state index < -0.39 is 23.4 Å². The Morgan fingerprint density at radius 3 is 2.06 bits per heavy atom. The van der Waals surface area contributed by atoms with Gasteiger partial charge in [-0.3, -0.25) is 0 Å². The first kappa shape index (κ1) is 13.3. The number of halogens is 5. The molecule has 0 aliphatic heterocycles. The summed E-state index contributed by atoms with van der Waals surface area (Å²) < 4.78 is 63.0. The molecular weight excluding hydrogens is 247 g/mol. The van der Waals surface area contributed by atoms with Crippen LogP contribution in [0.1, 0.15) is 19.4 Å². The molecule has 0 spiro atoms. The lowest BCUT2D eigenvalue weighted by Crippen LogP contribution is -2.10. The van der Waals surface area contributed by atoms with Gasteiger partial charge in [0.25, 0.3) is 0 Å². The first-order chi connectivity index (χ1) is 7.23. The molecule has 0 N–H and O–H groups in total. The lowest BCUT2D eigenvalue weighted by Gasteiger charge is -2.11. The Kier molecular flexibility index (Phi) is 3.83. The van der Waals surface area contributed by atoms with E-state index in [-0.39, 0.29) is 10.1 Å². The number of hydrogen-bond donors (Lipinski definition) is 0. The van der Waals surface area contributed by atoms with E-state index in [9.17, 15) is 22.0 Å². The number of benzene rings is 1. The smallest absolute Gasteiger partial charge is 0.203 e. The van der Waals surface area contributed by atoms with Crippen molar-refractivity contribution in [2.45, 2.75) is 30.2 Å². The van der Waals surface area contributed by atoms with Gasteiger partial charge in [-0.1, -0.05) is 13.8 Å². The van der Waals surface area contributed by atoms with Gasteiger partial charge < -0.3 is 0 Å². The van der Waals surface area contributed by atoms with Crippen molar-refractivity contribution in [3.05, 3.63) is 29.3 Å². The number of thioether (sulfide) groups is 1. The van der Waals surface area contributed by atoms with Crippen LogP contribution in [0, 0.1) is 11.6 Å². The second-order valence-electron chi connectivity index (χ2n) is 3.40. The van der Waals surface area contributed by atoms with E-state index in [0.717, 1.165) is 17.8 Å². The molecule has 16 heavy (non-hydrogen) atoms. The van der Waals surface area contributed by atoms with Gasteiger partial charge in [-0.05, 0) is 12.1 Å². The van der Waals surface area contributed by atoms with Gasteiger partial charge in [0.15, 0.2) is 11.6 Å². The van der Waals surface area contributed by atoms with Gasteiger partial charge in [-0.25, -0.2) is 8.78 Å². The van der Waals surface area contributed by atoms with E-state index in [0.29, 0.717) is 6.07 Å². The molecule has 0 aliphatic carbocycles. The minimum atomic E-state index is -4.87. The first-order valence-electron chi connectivity index (χ1n) is 4.45. The molecule has 0 saturated carbocycles. The standard InChI is InChI=1S/C10H9F5S/c1-5(2)16-7-4-3-6(10(13,14)15)8(11)9(7)12/h3-5H,1-2H3. The summed E-state index contributed by atoms with van der Waals surface area (Å²) in [5.41, 5.74) is -1.57. The van der Waals surface area contributed by atoms with Crippen LogP contribution in [-0.4, -0.2) is 5.25 Å². The molecule has 1 aromatic carbocycles. The minimum Gasteiger partial charge on any atom is -0.203 e. The maximum absolute atomic E-state index is 13.3. The zero-order valence-electron chi connectivity index (χ0n) is 8.53. The molecule has 0 saturated heterocycles. The maximum atomic E-state index is 13.3. The van der Waals surface area contributed by atoms with Gasteiger partial charge in [-0.2, -0.15) is 13.2 Å². The van der Waals surface area contributed by atoms with E-state index in [2.05, 4.69) is 0 Å². The number of hydrogen-bond acceptors (Lipinski definition) is 1. The molecule has 0 radical (unpaired) electrons. The summed E-state index contributed by atoms with van der Waals surface area (Å²) in [6.07, 6.45) is -4.87. The van der Waals surface area contributed by atoms with Crippen LogP contribution in [0.3, 0.4) is 0 Å². The molecule has 0 heterocycles. The van der Waals surface area contributed by atoms with E-state index in [1.54, 1.807) is 13.8 Å². The average molecular weight is 256 g/mol. The second kappa shape index (κ2) is 4.61.